The van der Waals surface area contributed by atoms with Crippen LogP contribution in [-0.2, 0) is 13.1 Å². The first-order valence-corrected chi connectivity index (χ1v) is 8.95. The molecule has 0 aliphatic heterocycles. The van der Waals surface area contributed by atoms with E-state index in [4.69, 9.17) is 4.42 Å². The Kier molecular flexibility index (Phi) is 4.76. The number of hydrogen-bond donors (Lipinski definition) is 1. The topological polar surface area (TPSA) is 79.2 Å². The lowest BCUT2D eigenvalue weighted by Crippen LogP contribution is -2.32. The van der Waals surface area contributed by atoms with E-state index in [9.17, 15) is 9.59 Å². The van der Waals surface area contributed by atoms with Crippen LogP contribution in [0.2, 0.25) is 0 Å². The number of H-pyrrole nitrogens is 1. The number of nitrogens with zero attached hydrogens (tertiary/aromatic N) is 2. The largest absolute Gasteiger partial charge is 0.459 e. The number of rotatable bonds is 5. The molecule has 0 aliphatic carbocycles. The molecule has 0 saturated carbocycles. The Morgan fingerprint density at radius 2 is 2.04 bits per heavy atom. The highest BCUT2D eigenvalue weighted by atomic mass is 16.3. The van der Waals surface area contributed by atoms with E-state index < -0.39 is 0 Å². The summed E-state index contributed by atoms with van der Waals surface area (Å²) in [4.78, 5) is 34.2. The molecule has 0 fully saturated rings. The van der Waals surface area contributed by atoms with Crippen LogP contribution in [0.5, 0.6) is 0 Å². The van der Waals surface area contributed by atoms with Gasteiger partial charge in [-0.2, -0.15) is 0 Å². The van der Waals surface area contributed by atoms with E-state index in [2.05, 4.69) is 9.97 Å². The van der Waals surface area contributed by atoms with Gasteiger partial charge in [0.25, 0.3) is 11.5 Å². The summed E-state index contributed by atoms with van der Waals surface area (Å²) in [7, 11) is 0. The van der Waals surface area contributed by atoms with E-state index >= 15 is 0 Å². The minimum atomic E-state index is -0.280. The summed E-state index contributed by atoms with van der Waals surface area (Å²) in [6.07, 6.45) is 4.84. The number of carbonyl (C=O) groups excluding carboxylic acids is 1. The smallest absolute Gasteiger partial charge is 0.290 e. The third-order valence-electron chi connectivity index (χ3n) is 4.64. The number of fused-ring (bicyclic) bond motifs is 1. The molecule has 0 unspecified atom stereocenters. The van der Waals surface area contributed by atoms with Gasteiger partial charge in [0.05, 0.1) is 18.3 Å². The molecule has 1 amide bonds. The van der Waals surface area contributed by atoms with Gasteiger partial charge in [-0.1, -0.05) is 24.3 Å². The second-order valence-corrected chi connectivity index (χ2v) is 6.66. The van der Waals surface area contributed by atoms with E-state index in [-0.39, 0.29) is 23.8 Å². The lowest BCUT2D eigenvalue weighted by molar-refractivity contribution is 0.0697. The van der Waals surface area contributed by atoms with Crippen molar-refractivity contribution in [2.45, 2.75) is 20.0 Å². The zero-order valence-corrected chi connectivity index (χ0v) is 15.4. The van der Waals surface area contributed by atoms with E-state index in [1.807, 2.05) is 43.3 Å². The fourth-order valence-electron chi connectivity index (χ4n) is 3.22. The van der Waals surface area contributed by atoms with Crippen LogP contribution in [0.4, 0.5) is 0 Å². The molecule has 3 heterocycles. The van der Waals surface area contributed by atoms with Gasteiger partial charge in [-0.25, -0.2) is 0 Å². The Bertz CT molecular complexity index is 1160. The number of hydrogen-bond acceptors (Lipinski definition) is 4. The summed E-state index contributed by atoms with van der Waals surface area (Å²) < 4.78 is 5.28. The molecule has 0 bridgehead atoms. The molecule has 0 spiro atoms. The molecule has 0 saturated heterocycles. The highest BCUT2D eigenvalue weighted by Crippen LogP contribution is 2.18. The van der Waals surface area contributed by atoms with Crippen LogP contribution in [0.25, 0.3) is 10.9 Å². The zero-order valence-electron chi connectivity index (χ0n) is 15.4. The van der Waals surface area contributed by atoms with E-state index in [0.29, 0.717) is 12.1 Å². The predicted octanol–water partition coefficient (Wildman–Crippen LogP) is 3.67. The molecule has 0 aliphatic rings. The standard InChI is InChI=1S/C22H19N3O3/c1-15-5-2-7-17-11-18(21(26)24-20(15)17)14-25(13-16-6-3-9-23-12-16)22(27)19-8-4-10-28-19/h2-12H,13-14H2,1H3,(H,24,26). The molecular weight excluding hydrogens is 354 g/mol. The minimum Gasteiger partial charge on any atom is -0.459 e. The van der Waals surface area contributed by atoms with Crippen LogP contribution >= 0.6 is 0 Å². The van der Waals surface area contributed by atoms with Gasteiger partial charge in [0.15, 0.2) is 5.76 Å². The van der Waals surface area contributed by atoms with Crippen LogP contribution < -0.4 is 5.56 Å². The minimum absolute atomic E-state index is 0.160. The number of benzene rings is 1. The number of pyridine rings is 2. The Labute approximate surface area is 161 Å². The van der Waals surface area contributed by atoms with Crippen LogP contribution in [-0.4, -0.2) is 20.8 Å². The maximum absolute atomic E-state index is 12.9. The lowest BCUT2D eigenvalue weighted by Gasteiger charge is -2.21. The Hall–Kier alpha value is -3.67. The van der Waals surface area contributed by atoms with Gasteiger partial charge in [0.2, 0.25) is 0 Å². The highest BCUT2D eigenvalue weighted by molar-refractivity contribution is 5.91. The third kappa shape index (κ3) is 3.57. The SMILES string of the molecule is Cc1cccc2cc(CN(Cc3cccnc3)C(=O)c3ccco3)c(=O)[nH]c12. The fourth-order valence-corrected chi connectivity index (χ4v) is 3.22. The van der Waals surface area contributed by atoms with E-state index in [1.54, 1.807) is 29.4 Å². The van der Waals surface area contributed by atoms with E-state index in [1.165, 1.54) is 6.26 Å². The molecule has 1 N–H and O–H groups in total. The monoisotopic (exact) mass is 373 g/mol. The molecule has 140 valence electrons. The summed E-state index contributed by atoms with van der Waals surface area (Å²) in [6, 6.07) is 14.7. The van der Waals surface area contributed by atoms with Crippen molar-refractivity contribution in [3.63, 3.8) is 0 Å². The number of aromatic amines is 1. The number of furan rings is 1. The van der Waals surface area contributed by atoms with Crippen molar-refractivity contribution < 1.29 is 9.21 Å². The molecule has 6 nitrogen and oxygen atoms in total. The third-order valence-corrected chi connectivity index (χ3v) is 4.64. The lowest BCUT2D eigenvalue weighted by atomic mass is 10.1. The Morgan fingerprint density at radius 1 is 1.14 bits per heavy atom. The number of aromatic nitrogens is 2. The summed E-state index contributed by atoms with van der Waals surface area (Å²) in [6.45, 7) is 2.43. The first-order chi connectivity index (χ1) is 13.6. The van der Waals surface area contributed by atoms with Gasteiger partial charge in [-0.3, -0.25) is 14.6 Å². The van der Waals surface area contributed by atoms with Gasteiger partial charge >= 0.3 is 0 Å². The van der Waals surface area contributed by atoms with Gasteiger partial charge < -0.3 is 14.3 Å². The maximum Gasteiger partial charge on any atom is 0.290 e. The molecule has 4 aromatic rings. The van der Waals surface area contributed by atoms with Crippen molar-refractivity contribution in [3.05, 3.63) is 100.0 Å². The van der Waals surface area contributed by atoms with Crippen molar-refractivity contribution in [2.24, 2.45) is 0 Å². The van der Waals surface area contributed by atoms with Crippen LogP contribution in [0.1, 0.15) is 27.2 Å². The van der Waals surface area contributed by atoms with Crippen molar-refractivity contribution in [2.75, 3.05) is 0 Å². The van der Waals surface area contributed by atoms with Gasteiger partial charge in [-0.15, -0.1) is 0 Å². The number of para-hydroxylation sites is 1. The quantitative estimate of drug-likeness (QED) is 0.579. The summed E-state index contributed by atoms with van der Waals surface area (Å²) >= 11 is 0. The first kappa shape index (κ1) is 17.7. The van der Waals surface area contributed by atoms with E-state index in [0.717, 1.165) is 22.0 Å². The number of aryl methyl sites for hydroxylation is 1. The van der Waals surface area contributed by atoms with Crippen LogP contribution in [0.3, 0.4) is 0 Å². The van der Waals surface area contributed by atoms with Crippen molar-refractivity contribution in [1.82, 2.24) is 14.9 Å². The average Bonchev–Trinajstić information content (AvgIpc) is 3.24. The maximum atomic E-state index is 12.9. The fraction of sp³-hybridized carbons (Fsp3) is 0.136. The first-order valence-electron chi connectivity index (χ1n) is 8.95. The average molecular weight is 373 g/mol. The van der Waals surface area contributed by atoms with Crippen molar-refractivity contribution >= 4 is 16.8 Å². The number of carbonyl (C=O) groups is 1. The number of nitrogens with one attached hydrogen (secondary N) is 1. The molecule has 6 heteroatoms. The number of amides is 1. The van der Waals surface area contributed by atoms with Crippen molar-refractivity contribution in [3.8, 4) is 0 Å². The molecule has 0 atom stereocenters. The summed E-state index contributed by atoms with van der Waals surface area (Å²) in [5.41, 5.74) is 3.00. The molecule has 4 rings (SSSR count). The normalized spacial score (nSPS) is 10.9. The summed E-state index contributed by atoms with van der Waals surface area (Å²) in [5, 5.41) is 0.932. The summed E-state index contributed by atoms with van der Waals surface area (Å²) in [5.74, 6) is -0.0467. The van der Waals surface area contributed by atoms with Crippen LogP contribution in [0.15, 0.2) is 76.4 Å². The second-order valence-electron chi connectivity index (χ2n) is 6.66. The molecular formula is C22H19N3O3. The van der Waals surface area contributed by atoms with Crippen LogP contribution in [0, 0.1) is 6.92 Å². The van der Waals surface area contributed by atoms with Gasteiger partial charge in [-0.05, 0) is 47.7 Å². The Morgan fingerprint density at radius 3 is 2.79 bits per heavy atom. The molecule has 1 aromatic carbocycles. The zero-order chi connectivity index (χ0) is 19.5. The molecule has 28 heavy (non-hydrogen) atoms. The van der Waals surface area contributed by atoms with Gasteiger partial charge in [0.1, 0.15) is 0 Å². The molecule has 0 radical (unpaired) electrons. The molecule has 3 aromatic heterocycles. The Balaban J connectivity index is 1.71. The highest BCUT2D eigenvalue weighted by Gasteiger charge is 2.20. The second kappa shape index (κ2) is 7.52. The van der Waals surface area contributed by atoms with Crippen molar-refractivity contribution in [1.29, 1.82) is 0 Å². The predicted molar refractivity (Wildman–Crippen MR) is 106 cm³/mol. The van der Waals surface area contributed by atoms with Gasteiger partial charge in [0, 0.05) is 24.5 Å².